The number of aromatic nitrogens is 1. The number of hydrogen-bond acceptors (Lipinski definition) is 3. The van der Waals surface area contributed by atoms with Crippen LogP contribution in [0.3, 0.4) is 0 Å². The average molecular weight is 264 g/mol. The summed E-state index contributed by atoms with van der Waals surface area (Å²) in [7, 11) is 0. The highest BCUT2D eigenvalue weighted by Crippen LogP contribution is 2.25. The summed E-state index contributed by atoms with van der Waals surface area (Å²) in [6.07, 6.45) is -2.74. The smallest absolute Gasteiger partial charge is 0.310 e. The maximum atomic E-state index is 12.5. The minimum absolute atomic E-state index is 0.0654. The molecule has 94 valence electrons. The van der Waals surface area contributed by atoms with Gasteiger partial charge in [-0.2, -0.15) is 0 Å². The normalized spacial score (nSPS) is 10.7. The van der Waals surface area contributed by atoms with E-state index in [0.717, 1.165) is 0 Å². The van der Waals surface area contributed by atoms with Crippen LogP contribution < -0.4 is 0 Å². The Morgan fingerprint density at radius 1 is 1.59 bits per heavy atom. The van der Waals surface area contributed by atoms with Gasteiger partial charge in [0.1, 0.15) is 10.8 Å². The van der Waals surface area contributed by atoms with Crippen LogP contribution in [0.2, 0.25) is 5.15 Å². The Kier molecular flexibility index (Phi) is 4.81. The highest BCUT2D eigenvalue weighted by molar-refractivity contribution is 6.30. The van der Waals surface area contributed by atoms with Gasteiger partial charge in [0.05, 0.1) is 13.0 Å². The van der Waals surface area contributed by atoms with Crippen LogP contribution in [-0.4, -0.2) is 17.6 Å². The SMILES string of the molecule is CCOC(=O)Cc1cc(C)c(C(F)F)nc1Cl. The lowest BCUT2D eigenvalue weighted by atomic mass is 10.1. The second-order valence-corrected chi connectivity index (χ2v) is 3.78. The van der Waals surface area contributed by atoms with E-state index in [1.54, 1.807) is 6.92 Å². The lowest BCUT2D eigenvalue weighted by molar-refractivity contribution is -0.142. The van der Waals surface area contributed by atoms with Crippen molar-refractivity contribution in [3.8, 4) is 0 Å². The number of rotatable bonds is 4. The number of nitrogens with zero attached hydrogens (tertiary/aromatic N) is 1. The topological polar surface area (TPSA) is 39.2 Å². The molecule has 1 aromatic rings. The maximum absolute atomic E-state index is 12.5. The van der Waals surface area contributed by atoms with Crippen LogP contribution in [0.4, 0.5) is 8.78 Å². The van der Waals surface area contributed by atoms with Gasteiger partial charge in [-0.1, -0.05) is 17.7 Å². The third-order valence-corrected chi connectivity index (χ3v) is 2.45. The van der Waals surface area contributed by atoms with Crippen molar-refractivity contribution in [3.05, 3.63) is 28.0 Å². The Labute approximate surface area is 103 Å². The van der Waals surface area contributed by atoms with E-state index in [-0.39, 0.29) is 23.9 Å². The van der Waals surface area contributed by atoms with E-state index < -0.39 is 12.4 Å². The minimum atomic E-state index is -2.68. The number of esters is 1. The first-order valence-corrected chi connectivity index (χ1v) is 5.43. The second kappa shape index (κ2) is 5.91. The summed E-state index contributed by atoms with van der Waals surface area (Å²) < 4.78 is 29.8. The van der Waals surface area contributed by atoms with Gasteiger partial charge in [-0.25, -0.2) is 13.8 Å². The molecule has 0 bridgehead atoms. The molecule has 1 rings (SSSR count). The van der Waals surface area contributed by atoms with Crippen molar-refractivity contribution in [1.29, 1.82) is 0 Å². The Bertz CT molecular complexity index is 424. The molecule has 3 nitrogen and oxygen atoms in total. The van der Waals surface area contributed by atoms with Crippen LogP contribution in [0.15, 0.2) is 6.07 Å². The van der Waals surface area contributed by atoms with E-state index >= 15 is 0 Å². The summed E-state index contributed by atoms with van der Waals surface area (Å²) in [5.74, 6) is -0.458. The average Bonchev–Trinajstić information content (AvgIpc) is 2.22. The highest BCUT2D eigenvalue weighted by Gasteiger charge is 2.17. The first-order valence-electron chi connectivity index (χ1n) is 5.05. The Morgan fingerprint density at radius 3 is 2.76 bits per heavy atom. The van der Waals surface area contributed by atoms with Gasteiger partial charge in [0.15, 0.2) is 0 Å². The van der Waals surface area contributed by atoms with Crippen LogP contribution in [0.25, 0.3) is 0 Å². The monoisotopic (exact) mass is 263 g/mol. The molecule has 0 fully saturated rings. The molecule has 0 saturated heterocycles. The van der Waals surface area contributed by atoms with Gasteiger partial charge < -0.3 is 4.74 Å². The molecule has 0 aliphatic rings. The lowest BCUT2D eigenvalue weighted by Crippen LogP contribution is -2.09. The molecule has 0 radical (unpaired) electrons. The molecule has 6 heteroatoms. The zero-order valence-electron chi connectivity index (χ0n) is 9.47. The van der Waals surface area contributed by atoms with Gasteiger partial charge in [-0.05, 0) is 19.4 Å². The molecule has 0 unspecified atom stereocenters. The fourth-order valence-corrected chi connectivity index (χ4v) is 1.59. The van der Waals surface area contributed by atoms with Gasteiger partial charge in [0, 0.05) is 5.56 Å². The molecule has 0 atom stereocenters. The Balaban J connectivity index is 2.95. The number of pyridine rings is 1. The zero-order chi connectivity index (χ0) is 13.0. The molecule has 0 aliphatic heterocycles. The number of halogens is 3. The van der Waals surface area contributed by atoms with E-state index in [9.17, 15) is 13.6 Å². The van der Waals surface area contributed by atoms with Crippen LogP contribution >= 0.6 is 11.6 Å². The number of ether oxygens (including phenoxy) is 1. The van der Waals surface area contributed by atoms with Crippen LogP contribution in [0, 0.1) is 6.92 Å². The lowest BCUT2D eigenvalue weighted by Gasteiger charge is -2.09. The molecule has 1 heterocycles. The summed E-state index contributed by atoms with van der Waals surface area (Å²) in [6, 6.07) is 1.44. The van der Waals surface area contributed by atoms with Crippen molar-refractivity contribution in [1.82, 2.24) is 4.98 Å². The standard InChI is InChI=1S/C11H12ClF2NO2/c1-3-17-8(16)5-7-4-6(2)9(11(13)14)15-10(7)12/h4,11H,3,5H2,1-2H3. The molecule has 1 aromatic heterocycles. The number of hydrogen-bond donors (Lipinski definition) is 0. The van der Waals surface area contributed by atoms with E-state index in [4.69, 9.17) is 16.3 Å². The third-order valence-electron chi connectivity index (χ3n) is 2.13. The predicted octanol–water partition coefficient (Wildman–Crippen LogP) is 3.09. The molecule has 0 saturated carbocycles. The van der Waals surface area contributed by atoms with E-state index in [2.05, 4.69) is 4.98 Å². The molecular weight excluding hydrogens is 252 g/mol. The number of carbonyl (C=O) groups is 1. The maximum Gasteiger partial charge on any atom is 0.310 e. The summed E-state index contributed by atoms with van der Waals surface area (Å²) in [5.41, 5.74) is 0.346. The van der Waals surface area contributed by atoms with Crippen LogP contribution in [-0.2, 0) is 16.0 Å². The summed E-state index contributed by atoms with van der Waals surface area (Å²) in [6.45, 7) is 3.44. The van der Waals surface area contributed by atoms with Crippen LogP contribution in [0.1, 0.15) is 30.2 Å². The molecule has 17 heavy (non-hydrogen) atoms. The fourth-order valence-electron chi connectivity index (χ4n) is 1.37. The van der Waals surface area contributed by atoms with Gasteiger partial charge >= 0.3 is 5.97 Å². The first kappa shape index (κ1) is 13.8. The van der Waals surface area contributed by atoms with Crippen molar-refractivity contribution in [2.75, 3.05) is 6.61 Å². The van der Waals surface area contributed by atoms with Crippen molar-refractivity contribution in [3.63, 3.8) is 0 Å². The van der Waals surface area contributed by atoms with E-state index in [1.165, 1.54) is 13.0 Å². The number of carbonyl (C=O) groups excluding carboxylic acids is 1. The summed E-state index contributed by atoms with van der Waals surface area (Å²) >= 11 is 5.74. The van der Waals surface area contributed by atoms with Crippen LogP contribution in [0.5, 0.6) is 0 Å². The van der Waals surface area contributed by atoms with E-state index in [1.807, 2.05) is 0 Å². The van der Waals surface area contributed by atoms with Gasteiger partial charge in [-0.15, -0.1) is 0 Å². The van der Waals surface area contributed by atoms with Crippen molar-refractivity contribution < 1.29 is 18.3 Å². The minimum Gasteiger partial charge on any atom is -0.466 e. The molecule has 0 aliphatic carbocycles. The second-order valence-electron chi connectivity index (χ2n) is 3.42. The summed E-state index contributed by atoms with van der Waals surface area (Å²) in [4.78, 5) is 14.8. The first-order chi connectivity index (χ1) is 7.95. The number of aryl methyl sites for hydroxylation is 1. The van der Waals surface area contributed by atoms with E-state index in [0.29, 0.717) is 11.1 Å². The highest BCUT2D eigenvalue weighted by atomic mass is 35.5. The van der Waals surface area contributed by atoms with Gasteiger partial charge in [0.25, 0.3) is 6.43 Å². The quantitative estimate of drug-likeness (QED) is 0.619. The molecule has 0 aromatic carbocycles. The third kappa shape index (κ3) is 3.63. The largest absolute Gasteiger partial charge is 0.466 e. The van der Waals surface area contributed by atoms with Crippen molar-refractivity contribution in [2.45, 2.75) is 26.7 Å². The zero-order valence-corrected chi connectivity index (χ0v) is 10.2. The Morgan fingerprint density at radius 2 is 2.24 bits per heavy atom. The fraction of sp³-hybridized carbons (Fsp3) is 0.455. The molecule has 0 N–H and O–H groups in total. The number of alkyl halides is 2. The molecular formula is C11H12ClF2NO2. The van der Waals surface area contributed by atoms with Gasteiger partial charge in [-0.3, -0.25) is 4.79 Å². The predicted molar refractivity (Wildman–Crippen MR) is 59.3 cm³/mol. The van der Waals surface area contributed by atoms with Crippen molar-refractivity contribution >= 4 is 17.6 Å². The van der Waals surface area contributed by atoms with Gasteiger partial charge in [0.2, 0.25) is 0 Å². The molecule has 0 amide bonds. The Hall–Kier alpha value is -1.23. The molecule has 0 spiro atoms. The van der Waals surface area contributed by atoms with Crippen molar-refractivity contribution in [2.24, 2.45) is 0 Å². The summed E-state index contributed by atoms with van der Waals surface area (Å²) in [5, 5.41) is -0.0843.